The molecule has 0 rings (SSSR count). The number of aliphatic carboxylic acids is 1. The van der Waals surface area contributed by atoms with E-state index >= 15 is 0 Å². The molecule has 0 aliphatic carbocycles. The molecule has 0 amide bonds. The smallest absolute Gasteiger partial charge is 0.322 e. The van der Waals surface area contributed by atoms with Gasteiger partial charge in [-0.25, -0.2) is 8.42 Å². The number of carboxylic acids is 1. The van der Waals surface area contributed by atoms with E-state index in [2.05, 4.69) is 0 Å². The van der Waals surface area contributed by atoms with Crippen molar-refractivity contribution in [3.8, 4) is 0 Å². The number of carboxylic acid groups (broad SMARTS) is 1. The molecule has 5 heteroatoms. The van der Waals surface area contributed by atoms with Gasteiger partial charge in [0, 0.05) is 6.26 Å². The van der Waals surface area contributed by atoms with Crippen LogP contribution in [-0.2, 0) is 14.6 Å². The predicted octanol–water partition coefficient (Wildman–Crippen LogP) is 0.140. The monoisotopic (exact) mass is 180 g/mol. The summed E-state index contributed by atoms with van der Waals surface area (Å²) in [5, 5.41) is 7.22. The Balaban J connectivity index is 4.79. The Labute approximate surface area is 66.1 Å². The first-order chi connectivity index (χ1) is 4.76. The largest absolute Gasteiger partial charge is 0.480 e. The van der Waals surface area contributed by atoms with E-state index in [1.54, 1.807) is 13.8 Å². The van der Waals surface area contributed by atoms with Gasteiger partial charge in [0.2, 0.25) is 0 Å². The van der Waals surface area contributed by atoms with Gasteiger partial charge in [-0.3, -0.25) is 4.79 Å². The molecule has 0 heterocycles. The van der Waals surface area contributed by atoms with Gasteiger partial charge in [-0.05, 0) is 5.92 Å². The summed E-state index contributed by atoms with van der Waals surface area (Å²) in [6.45, 7) is 3.14. The van der Waals surface area contributed by atoms with Crippen molar-refractivity contribution in [2.45, 2.75) is 19.1 Å². The summed E-state index contributed by atoms with van der Waals surface area (Å²) in [6.07, 6.45) is 0.936. The summed E-state index contributed by atoms with van der Waals surface area (Å²) in [6, 6.07) is 0. The lowest BCUT2D eigenvalue weighted by atomic mass is 10.1. The molecular weight excluding hydrogens is 168 g/mol. The Morgan fingerprint density at radius 2 is 1.73 bits per heavy atom. The fourth-order valence-corrected chi connectivity index (χ4v) is 2.32. The zero-order valence-electron chi connectivity index (χ0n) is 6.73. The van der Waals surface area contributed by atoms with E-state index < -0.39 is 21.1 Å². The maximum Gasteiger partial charge on any atom is 0.322 e. The van der Waals surface area contributed by atoms with Crippen LogP contribution in [0.1, 0.15) is 13.8 Å². The van der Waals surface area contributed by atoms with E-state index in [0.717, 1.165) is 6.26 Å². The minimum absolute atomic E-state index is 0.387. The maximum atomic E-state index is 10.8. The van der Waals surface area contributed by atoms with Crippen molar-refractivity contribution >= 4 is 15.8 Å². The van der Waals surface area contributed by atoms with Gasteiger partial charge in [0.05, 0.1) is 0 Å². The first-order valence-electron chi connectivity index (χ1n) is 3.18. The Morgan fingerprint density at radius 1 is 1.36 bits per heavy atom. The van der Waals surface area contributed by atoms with Crippen LogP contribution in [0.5, 0.6) is 0 Å². The van der Waals surface area contributed by atoms with E-state index in [-0.39, 0.29) is 5.92 Å². The quantitative estimate of drug-likeness (QED) is 0.670. The van der Waals surface area contributed by atoms with E-state index in [1.165, 1.54) is 0 Å². The number of hydrogen-bond donors (Lipinski definition) is 1. The molecule has 66 valence electrons. The van der Waals surface area contributed by atoms with Crippen LogP contribution in [0.25, 0.3) is 0 Å². The predicted molar refractivity (Wildman–Crippen MR) is 41.1 cm³/mol. The lowest BCUT2D eigenvalue weighted by Gasteiger charge is -2.12. The molecule has 1 atom stereocenters. The molecule has 0 aromatic rings. The summed E-state index contributed by atoms with van der Waals surface area (Å²) in [7, 11) is -3.46. The molecule has 0 spiro atoms. The second-order valence-corrected chi connectivity index (χ2v) is 5.00. The van der Waals surface area contributed by atoms with Gasteiger partial charge >= 0.3 is 5.97 Å². The molecule has 0 bridgehead atoms. The van der Waals surface area contributed by atoms with E-state index in [9.17, 15) is 13.2 Å². The fourth-order valence-electron chi connectivity index (χ4n) is 0.963. The van der Waals surface area contributed by atoms with Crippen molar-refractivity contribution < 1.29 is 18.3 Å². The molecule has 0 fully saturated rings. The molecule has 0 radical (unpaired) electrons. The number of sulfone groups is 1. The molecule has 0 saturated carbocycles. The Morgan fingerprint density at radius 3 is 1.73 bits per heavy atom. The number of hydrogen-bond acceptors (Lipinski definition) is 3. The van der Waals surface area contributed by atoms with E-state index in [4.69, 9.17) is 5.11 Å². The Kier molecular flexibility index (Phi) is 3.04. The van der Waals surface area contributed by atoms with Crippen molar-refractivity contribution in [3.63, 3.8) is 0 Å². The van der Waals surface area contributed by atoms with Crippen molar-refractivity contribution in [2.75, 3.05) is 6.26 Å². The summed E-state index contributed by atoms with van der Waals surface area (Å²) in [5.74, 6) is -1.66. The minimum Gasteiger partial charge on any atom is -0.480 e. The third kappa shape index (κ3) is 2.88. The molecule has 1 unspecified atom stereocenters. The third-order valence-electron chi connectivity index (χ3n) is 1.31. The highest BCUT2D eigenvalue weighted by Crippen LogP contribution is 2.10. The van der Waals surface area contributed by atoms with Crippen molar-refractivity contribution in [1.29, 1.82) is 0 Å². The van der Waals surface area contributed by atoms with Gasteiger partial charge in [0.25, 0.3) is 0 Å². The third-order valence-corrected chi connectivity index (χ3v) is 2.98. The van der Waals surface area contributed by atoms with Gasteiger partial charge in [0.1, 0.15) is 0 Å². The molecule has 0 aromatic carbocycles. The fraction of sp³-hybridized carbons (Fsp3) is 0.833. The number of rotatable bonds is 3. The topological polar surface area (TPSA) is 71.4 Å². The zero-order valence-corrected chi connectivity index (χ0v) is 7.55. The zero-order chi connectivity index (χ0) is 9.23. The maximum absolute atomic E-state index is 10.8. The summed E-state index contributed by atoms with van der Waals surface area (Å²) in [4.78, 5) is 10.4. The average Bonchev–Trinajstić information content (AvgIpc) is 1.54. The average molecular weight is 180 g/mol. The normalized spacial score (nSPS) is 14.9. The SMILES string of the molecule is CC(C)C(C(=O)O)S(C)(=O)=O. The highest BCUT2D eigenvalue weighted by molar-refractivity contribution is 7.92. The molecule has 0 aliphatic rings. The Hall–Kier alpha value is -0.580. The van der Waals surface area contributed by atoms with E-state index in [1.807, 2.05) is 0 Å². The van der Waals surface area contributed by atoms with Crippen molar-refractivity contribution in [2.24, 2.45) is 5.92 Å². The summed E-state index contributed by atoms with van der Waals surface area (Å²) < 4.78 is 21.7. The second-order valence-electron chi connectivity index (χ2n) is 2.83. The lowest BCUT2D eigenvalue weighted by molar-refractivity contribution is -0.137. The van der Waals surface area contributed by atoms with Crippen LogP contribution in [0.15, 0.2) is 0 Å². The molecule has 0 aliphatic heterocycles. The van der Waals surface area contributed by atoms with Gasteiger partial charge in [0.15, 0.2) is 15.1 Å². The van der Waals surface area contributed by atoms with Crippen LogP contribution >= 0.6 is 0 Å². The first kappa shape index (κ1) is 10.4. The molecule has 11 heavy (non-hydrogen) atoms. The van der Waals surface area contributed by atoms with Crippen LogP contribution in [0, 0.1) is 5.92 Å². The van der Waals surface area contributed by atoms with Crippen molar-refractivity contribution in [3.05, 3.63) is 0 Å². The van der Waals surface area contributed by atoms with Gasteiger partial charge in [-0.2, -0.15) is 0 Å². The highest BCUT2D eigenvalue weighted by Gasteiger charge is 2.31. The highest BCUT2D eigenvalue weighted by atomic mass is 32.2. The van der Waals surface area contributed by atoms with Crippen LogP contribution < -0.4 is 0 Å². The summed E-state index contributed by atoms with van der Waals surface area (Å²) in [5.41, 5.74) is 0. The van der Waals surface area contributed by atoms with Crippen LogP contribution in [0.4, 0.5) is 0 Å². The first-order valence-corrected chi connectivity index (χ1v) is 5.14. The second kappa shape index (κ2) is 3.21. The van der Waals surface area contributed by atoms with Gasteiger partial charge < -0.3 is 5.11 Å². The van der Waals surface area contributed by atoms with Gasteiger partial charge in [-0.15, -0.1) is 0 Å². The molecule has 0 aromatic heterocycles. The molecular formula is C6H12O4S. The minimum atomic E-state index is -3.46. The van der Waals surface area contributed by atoms with Crippen LogP contribution in [0.2, 0.25) is 0 Å². The van der Waals surface area contributed by atoms with E-state index in [0.29, 0.717) is 0 Å². The molecule has 1 N–H and O–H groups in total. The summed E-state index contributed by atoms with van der Waals surface area (Å²) >= 11 is 0. The number of carbonyl (C=O) groups is 1. The molecule has 0 saturated heterocycles. The van der Waals surface area contributed by atoms with Crippen LogP contribution in [0.3, 0.4) is 0 Å². The van der Waals surface area contributed by atoms with Gasteiger partial charge in [-0.1, -0.05) is 13.8 Å². The standard InChI is InChI=1S/C6H12O4S/c1-4(2)5(6(7)8)11(3,9)10/h4-5H,1-3H3,(H,7,8). The lowest BCUT2D eigenvalue weighted by Crippen LogP contribution is -2.33. The van der Waals surface area contributed by atoms with Crippen LogP contribution in [-0.4, -0.2) is 31.0 Å². The Bertz CT molecular complexity index is 239. The van der Waals surface area contributed by atoms with Crippen molar-refractivity contribution in [1.82, 2.24) is 0 Å². The molecule has 4 nitrogen and oxygen atoms in total.